The van der Waals surface area contributed by atoms with Crippen LogP contribution < -0.4 is 5.32 Å². The summed E-state index contributed by atoms with van der Waals surface area (Å²) in [6.45, 7) is 5.62. The fourth-order valence-corrected chi connectivity index (χ4v) is 3.76. The smallest absolute Gasteiger partial charge is 0.407 e. The number of carboxylic acid groups (broad SMARTS) is 1. The lowest BCUT2D eigenvalue weighted by Gasteiger charge is -2.27. The molecule has 154 valence electrons. The Labute approximate surface area is 170 Å². The molecule has 2 aromatic carbocycles. The molecule has 3 N–H and O–H groups in total. The summed E-state index contributed by atoms with van der Waals surface area (Å²) >= 11 is 0. The van der Waals surface area contributed by atoms with Crippen LogP contribution in [0.15, 0.2) is 48.5 Å². The van der Waals surface area contributed by atoms with Gasteiger partial charge in [-0.05, 0) is 34.1 Å². The zero-order chi connectivity index (χ0) is 21.1. The molecule has 6 heteroatoms. The van der Waals surface area contributed by atoms with E-state index in [2.05, 4.69) is 5.32 Å². The van der Waals surface area contributed by atoms with Crippen LogP contribution in [0, 0.1) is 11.8 Å². The van der Waals surface area contributed by atoms with Crippen molar-refractivity contribution < 1.29 is 24.5 Å². The molecule has 29 heavy (non-hydrogen) atoms. The van der Waals surface area contributed by atoms with Crippen LogP contribution in [0.4, 0.5) is 4.79 Å². The quantitative estimate of drug-likeness (QED) is 0.663. The standard InChI is InChI=1S/C23H27NO5/c1-13(2)14(3)21(25)20(22(26)27)24-23(28)29-12-19-17-10-6-4-8-15(17)16-9-5-7-11-18(16)19/h4-11,13-14,19-21,25H,12H2,1-3H3,(H,24,28)(H,26,27)/t14-,20-,21-/m1/s1. The molecule has 1 aliphatic rings. The highest BCUT2D eigenvalue weighted by atomic mass is 16.5. The third-order valence-electron chi connectivity index (χ3n) is 5.81. The first kappa shape index (κ1) is 20.9. The van der Waals surface area contributed by atoms with Crippen molar-refractivity contribution in [1.29, 1.82) is 0 Å². The second-order valence-electron chi connectivity index (χ2n) is 7.88. The lowest BCUT2D eigenvalue weighted by atomic mass is 9.88. The number of alkyl carbamates (subject to hydrolysis) is 1. The Balaban J connectivity index is 1.70. The highest BCUT2D eigenvalue weighted by Gasteiger charge is 2.34. The Morgan fingerprint density at radius 1 is 1.00 bits per heavy atom. The van der Waals surface area contributed by atoms with E-state index in [0.29, 0.717) is 0 Å². The minimum Gasteiger partial charge on any atom is -0.480 e. The lowest BCUT2D eigenvalue weighted by molar-refractivity contribution is -0.143. The van der Waals surface area contributed by atoms with Gasteiger partial charge in [0.05, 0.1) is 6.10 Å². The van der Waals surface area contributed by atoms with Gasteiger partial charge in [-0.25, -0.2) is 9.59 Å². The summed E-state index contributed by atoms with van der Waals surface area (Å²) in [5.41, 5.74) is 4.37. The molecule has 0 radical (unpaired) electrons. The van der Waals surface area contributed by atoms with E-state index in [1.807, 2.05) is 62.4 Å². The third-order valence-corrected chi connectivity index (χ3v) is 5.81. The van der Waals surface area contributed by atoms with E-state index in [0.717, 1.165) is 22.3 Å². The number of fused-ring (bicyclic) bond motifs is 3. The van der Waals surface area contributed by atoms with Crippen LogP contribution in [0.25, 0.3) is 11.1 Å². The van der Waals surface area contributed by atoms with Gasteiger partial charge in [0.15, 0.2) is 6.04 Å². The van der Waals surface area contributed by atoms with Crippen molar-refractivity contribution >= 4 is 12.1 Å². The highest BCUT2D eigenvalue weighted by Crippen LogP contribution is 2.44. The molecular weight excluding hydrogens is 370 g/mol. The van der Waals surface area contributed by atoms with Gasteiger partial charge in [-0.1, -0.05) is 69.3 Å². The summed E-state index contributed by atoms with van der Waals surface area (Å²) in [6, 6.07) is 14.5. The maximum Gasteiger partial charge on any atom is 0.407 e. The van der Waals surface area contributed by atoms with Gasteiger partial charge in [0.25, 0.3) is 0 Å². The first-order valence-corrected chi connectivity index (χ1v) is 9.83. The number of carbonyl (C=O) groups is 2. The molecule has 0 unspecified atom stereocenters. The Bertz CT molecular complexity index is 849. The molecule has 0 saturated carbocycles. The Hall–Kier alpha value is -2.86. The molecule has 1 aliphatic carbocycles. The van der Waals surface area contributed by atoms with Gasteiger partial charge in [-0.15, -0.1) is 0 Å². The number of hydrogen-bond donors (Lipinski definition) is 3. The minimum absolute atomic E-state index is 0.0659. The Morgan fingerprint density at radius 2 is 1.52 bits per heavy atom. The van der Waals surface area contributed by atoms with Crippen molar-refractivity contribution in [3.05, 3.63) is 59.7 Å². The average Bonchev–Trinajstić information content (AvgIpc) is 3.03. The molecule has 0 aromatic heterocycles. The second-order valence-corrected chi connectivity index (χ2v) is 7.88. The van der Waals surface area contributed by atoms with Crippen LogP contribution in [0.1, 0.15) is 37.8 Å². The van der Waals surface area contributed by atoms with Crippen LogP contribution in [-0.4, -0.2) is 41.0 Å². The summed E-state index contributed by atoms with van der Waals surface area (Å²) < 4.78 is 5.39. The molecule has 0 fully saturated rings. The van der Waals surface area contributed by atoms with Crippen molar-refractivity contribution in [3.63, 3.8) is 0 Å². The number of ether oxygens (including phenoxy) is 1. The van der Waals surface area contributed by atoms with E-state index >= 15 is 0 Å². The summed E-state index contributed by atoms with van der Waals surface area (Å²) in [7, 11) is 0. The summed E-state index contributed by atoms with van der Waals surface area (Å²) in [5.74, 6) is -1.64. The Morgan fingerprint density at radius 3 is 2.00 bits per heavy atom. The topological polar surface area (TPSA) is 95.9 Å². The first-order valence-electron chi connectivity index (χ1n) is 9.83. The zero-order valence-corrected chi connectivity index (χ0v) is 16.8. The van der Waals surface area contributed by atoms with Crippen LogP contribution in [0.3, 0.4) is 0 Å². The lowest BCUT2D eigenvalue weighted by Crippen LogP contribution is -2.52. The fourth-order valence-electron chi connectivity index (χ4n) is 3.76. The number of nitrogens with one attached hydrogen (secondary N) is 1. The second kappa shape index (κ2) is 8.66. The van der Waals surface area contributed by atoms with Crippen molar-refractivity contribution in [2.24, 2.45) is 11.8 Å². The predicted molar refractivity (Wildman–Crippen MR) is 110 cm³/mol. The van der Waals surface area contributed by atoms with Crippen molar-refractivity contribution in [1.82, 2.24) is 5.32 Å². The van der Waals surface area contributed by atoms with Gasteiger partial charge in [0.1, 0.15) is 6.61 Å². The van der Waals surface area contributed by atoms with Gasteiger partial charge in [-0.2, -0.15) is 0 Å². The minimum atomic E-state index is -1.43. The van der Waals surface area contributed by atoms with Gasteiger partial charge in [0.2, 0.25) is 0 Å². The molecule has 3 atom stereocenters. The number of aliphatic hydroxyl groups is 1. The number of carbonyl (C=O) groups excluding carboxylic acids is 1. The predicted octanol–water partition coefficient (Wildman–Crippen LogP) is 3.63. The summed E-state index contributed by atoms with van der Waals surface area (Å²) in [4.78, 5) is 23.9. The first-order chi connectivity index (χ1) is 13.8. The zero-order valence-electron chi connectivity index (χ0n) is 16.8. The largest absolute Gasteiger partial charge is 0.480 e. The fraction of sp³-hybridized carbons (Fsp3) is 0.391. The average molecular weight is 397 g/mol. The number of rotatable bonds is 7. The third kappa shape index (κ3) is 4.27. The molecule has 0 aliphatic heterocycles. The SMILES string of the molecule is CC(C)[C@@H](C)[C@@H](O)[C@@H](NC(=O)OCC1c2ccccc2-c2ccccc21)C(=O)O. The number of aliphatic hydroxyl groups excluding tert-OH is 1. The molecule has 0 heterocycles. The van der Waals surface area contributed by atoms with Gasteiger partial charge < -0.3 is 20.3 Å². The molecule has 0 saturated heterocycles. The van der Waals surface area contributed by atoms with Crippen molar-refractivity contribution in [3.8, 4) is 11.1 Å². The van der Waals surface area contributed by atoms with Gasteiger partial charge >= 0.3 is 12.1 Å². The molecule has 2 aromatic rings. The Kier molecular flexibility index (Phi) is 6.23. The van der Waals surface area contributed by atoms with Crippen LogP contribution in [0.5, 0.6) is 0 Å². The van der Waals surface area contributed by atoms with E-state index in [1.165, 1.54) is 0 Å². The van der Waals surface area contributed by atoms with Gasteiger partial charge in [-0.3, -0.25) is 0 Å². The van der Waals surface area contributed by atoms with E-state index in [1.54, 1.807) is 6.92 Å². The summed E-state index contributed by atoms with van der Waals surface area (Å²) in [5, 5.41) is 22.1. The maximum atomic E-state index is 12.3. The number of carboxylic acids is 1. The van der Waals surface area contributed by atoms with E-state index in [4.69, 9.17) is 4.74 Å². The number of aliphatic carboxylic acids is 1. The monoisotopic (exact) mass is 397 g/mol. The van der Waals surface area contributed by atoms with Crippen LogP contribution >= 0.6 is 0 Å². The maximum absolute atomic E-state index is 12.3. The molecule has 6 nitrogen and oxygen atoms in total. The van der Waals surface area contributed by atoms with Gasteiger partial charge in [0, 0.05) is 5.92 Å². The normalized spacial score (nSPS) is 15.9. The molecular formula is C23H27NO5. The van der Waals surface area contributed by atoms with Crippen molar-refractivity contribution in [2.75, 3.05) is 6.61 Å². The van der Waals surface area contributed by atoms with E-state index in [-0.39, 0.29) is 24.4 Å². The number of amides is 1. The van der Waals surface area contributed by atoms with Crippen LogP contribution in [0.2, 0.25) is 0 Å². The summed E-state index contributed by atoms with van der Waals surface area (Å²) in [6.07, 6.45) is -2.07. The van der Waals surface area contributed by atoms with Crippen LogP contribution in [-0.2, 0) is 9.53 Å². The van der Waals surface area contributed by atoms with E-state index < -0.39 is 24.2 Å². The molecule has 1 amide bonds. The molecule has 0 bridgehead atoms. The molecule has 0 spiro atoms. The van der Waals surface area contributed by atoms with Crippen molar-refractivity contribution in [2.45, 2.75) is 38.8 Å². The highest BCUT2D eigenvalue weighted by molar-refractivity contribution is 5.81. The van der Waals surface area contributed by atoms with E-state index in [9.17, 15) is 19.8 Å². The number of benzene rings is 2. The molecule has 3 rings (SSSR count). The number of hydrogen-bond acceptors (Lipinski definition) is 4.